The SMILES string of the molecule is O=C(Nc1ccccc1)c1ccc(N2CCC(C(=O)c3ccccc3)CC2)nn1. The summed E-state index contributed by atoms with van der Waals surface area (Å²) in [4.78, 5) is 27.0. The van der Waals surface area contributed by atoms with Crippen molar-refractivity contribution in [3.63, 3.8) is 0 Å². The number of anilines is 2. The molecule has 6 nitrogen and oxygen atoms in total. The molecular formula is C23H22N4O2. The number of nitrogens with zero attached hydrogens (tertiary/aromatic N) is 3. The summed E-state index contributed by atoms with van der Waals surface area (Å²) in [6.45, 7) is 1.49. The van der Waals surface area contributed by atoms with Crippen molar-refractivity contribution in [2.45, 2.75) is 12.8 Å². The Kier molecular flexibility index (Phi) is 5.61. The van der Waals surface area contributed by atoms with Crippen molar-refractivity contribution in [3.05, 3.63) is 84.1 Å². The third-order valence-electron chi connectivity index (χ3n) is 5.16. The number of carbonyl (C=O) groups excluding carboxylic acids is 2. The van der Waals surface area contributed by atoms with Crippen molar-refractivity contribution >= 4 is 23.2 Å². The maximum absolute atomic E-state index is 12.6. The minimum Gasteiger partial charge on any atom is -0.355 e. The lowest BCUT2D eigenvalue weighted by atomic mass is 9.89. The fourth-order valence-electron chi connectivity index (χ4n) is 3.54. The molecule has 29 heavy (non-hydrogen) atoms. The predicted molar refractivity (Wildman–Crippen MR) is 112 cm³/mol. The van der Waals surface area contributed by atoms with E-state index in [1.807, 2.05) is 66.7 Å². The number of nitrogens with one attached hydrogen (secondary N) is 1. The molecule has 2 aromatic carbocycles. The molecule has 1 aromatic heterocycles. The highest BCUT2D eigenvalue weighted by atomic mass is 16.2. The summed E-state index contributed by atoms with van der Waals surface area (Å²) in [5.74, 6) is 0.691. The van der Waals surface area contributed by atoms with Crippen molar-refractivity contribution in [3.8, 4) is 0 Å². The molecule has 3 aromatic rings. The molecule has 1 fully saturated rings. The van der Waals surface area contributed by atoms with Crippen LogP contribution in [0.2, 0.25) is 0 Å². The van der Waals surface area contributed by atoms with Crippen LogP contribution in [-0.2, 0) is 0 Å². The van der Waals surface area contributed by atoms with Crippen LogP contribution in [0.25, 0.3) is 0 Å². The van der Waals surface area contributed by atoms with Crippen molar-refractivity contribution in [2.75, 3.05) is 23.3 Å². The van der Waals surface area contributed by atoms with Crippen LogP contribution in [0, 0.1) is 5.92 Å². The molecule has 146 valence electrons. The number of aromatic nitrogens is 2. The first-order chi connectivity index (χ1) is 14.2. The second-order valence-electron chi connectivity index (χ2n) is 7.09. The van der Waals surface area contributed by atoms with E-state index in [1.165, 1.54) is 0 Å². The Bertz CT molecular complexity index is 967. The van der Waals surface area contributed by atoms with Gasteiger partial charge in [0.2, 0.25) is 0 Å². The Morgan fingerprint density at radius 1 is 0.828 bits per heavy atom. The first kappa shape index (κ1) is 18.8. The topological polar surface area (TPSA) is 75.2 Å². The number of piperidine rings is 1. The van der Waals surface area contributed by atoms with Gasteiger partial charge in [-0.3, -0.25) is 9.59 Å². The standard InChI is InChI=1S/C23H22N4O2/c28-22(17-7-3-1-4-8-17)18-13-15-27(16-14-18)21-12-11-20(25-26-21)23(29)24-19-9-5-2-6-10-19/h1-12,18H,13-16H2,(H,24,29). The highest BCUT2D eigenvalue weighted by Crippen LogP contribution is 2.24. The van der Waals surface area contributed by atoms with Crippen LogP contribution >= 0.6 is 0 Å². The Morgan fingerprint density at radius 2 is 1.48 bits per heavy atom. The number of hydrogen-bond acceptors (Lipinski definition) is 5. The lowest BCUT2D eigenvalue weighted by Gasteiger charge is -2.31. The van der Waals surface area contributed by atoms with Gasteiger partial charge in [0.15, 0.2) is 17.3 Å². The molecule has 2 heterocycles. The van der Waals surface area contributed by atoms with Crippen LogP contribution in [0.15, 0.2) is 72.8 Å². The van der Waals surface area contributed by atoms with E-state index >= 15 is 0 Å². The fourth-order valence-corrected chi connectivity index (χ4v) is 3.54. The fraction of sp³-hybridized carbons (Fsp3) is 0.217. The zero-order valence-electron chi connectivity index (χ0n) is 16.0. The summed E-state index contributed by atoms with van der Waals surface area (Å²) >= 11 is 0. The molecule has 1 aliphatic rings. The molecule has 4 rings (SSSR count). The molecule has 0 saturated carbocycles. The zero-order valence-corrected chi connectivity index (χ0v) is 16.0. The van der Waals surface area contributed by atoms with E-state index < -0.39 is 0 Å². The highest BCUT2D eigenvalue weighted by molar-refractivity contribution is 6.02. The lowest BCUT2D eigenvalue weighted by Crippen LogP contribution is -2.37. The number of rotatable bonds is 5. The van der Waals surface area contributed by atoms with E-state index in [9.17, 15) is 9.59 Å². The largest absolute Gasteiger partial charge is 0.355 e. The van der Waals surface area contributed by atoms with Gasteiger partial charge >= 0.3 is 0 Å². The zero-order chi connectivity index (χ0) is 20.1. The smallest absolute Gasteiger partial charge is 0.276 e. The lowest BCUT2D eigenvalue weighted by molar-refractivity contribution is 0.0900. The van der Waals surface area contributed by atoms with Gasteiger partial charge < -0.3 is 10.2 Å². The van der Waals surface area contributed by atoms with Gasteiger partial charge in [-0.2, -0.15) is 0 Å². The second kappa shape index (κ2) is 8.65. The Labute approximate surface area is 169 Å². The van der Waals surface area contributed by atoms with Crippen LogP contribution < -0.4 is 10.2 Å². The van der Waals surface area contributed by atoms with E-state index in [4.69, 9.17) is 0 Å². The minimum absolute atomic E-state index is 0.0394. The van der Waals surface area contributed by atoms with Crippen LogP contribution in [0.3, 0.4) is 0 Å². The Morgan fingerprint density at radius 3 is 2.10 bits per heavy atom. The Hall–Kier alpha value is -3.54. The van der Waals surface area contributed by atoms with Crippen LogP contribution in [0.1, 0.15) is 33.7 Å². The maximum Gasteiger partial charge on any atom is 0.276 e. The van der Waals surface area contributed by atoms with Gasteiger partial charge in [-0.05, 0) is 37.1 Å². The maximum atomic E-state index is 12.6. The molecular weight excluding hydrogens is 364 g/mol. The van der Waals surface area contributed by atoms with Crippen LogP contribution in [0.5, 0.6) is 0 Å². The molecule has 0 bridgehead atoms. The average Bonchev–Trinajstić information content (AvgIpc) is 2.80. The molecule has 1 saturated heterocycles. The van der Waals surface area contributed by atoms with Gasteiger partial charge in [0.1, 0.15) is 0 Å². The first-order valence-corrected chi connectivity index (χ1v) is 9.75. The number of hydrogen-bond donors (Lipinski definition) is 1. The van der Waals surface area contributed by atoms with Gasteiger partial charge in [0.25, 0.3) is 5.91 Å². The molecule has 1 amide bonds. The van der Waals surface area contributed by atoms with Gasteiger partial charge in [-0.15, -0.1) is 10.2 Å². The normalized spacial score (nSPS) is 14.4. The van der Waals surface area contributed by atoms with E-state index in [-0.39, 0.29) is 23.3 Å². The average molecular weight is 386 g/mol. The summed E-state index contributed by atoms with van der Waals surface area (Å²) in [5.41, 5.74) is 1.76. The number of Topliss-reactive ketones (excluding diaryl/α,β-unsaturated/α-hetero) is 1. The number of para-hydroxylation sites is 1. The van der Waals surface area contributed by atoms with E-state index in [2.05, 4.69) is 20.4 Å². The predicted octanol–water partition coefficient (Wildman–Crippen LogP) is 3.83. The number of amides is 1. The molecule has 0 aliphatic carbocycles. The highest BCUT2D eigenvalue weighted by Gasteiger charge is 2.26. The van der Waals surface area contributed by atoms with Crippen molar-refractivity contribution in [2.24, 2.45) is 5.92 Å². The Balaban J connectivity index is 1.34. The summed E-state index contributed by atoms with van der Waals surface area (Å²) in [6.07, 6.45) is 1.57. The minimum atomic E-state index is -0.289. The van der Waals surface area contributed by atoms with Crippen molar-refractivity contribution in [1.29, 1.82) is 0 Å². The van der Waals surface area contributed by atoms with Crippen LogP contribution in [-0.4, -0.2) is 35.0 Å². The molecule has 0 spiro atoms. The molecule has 1 N–H and O–H groups in total. The molecule has 1 aliphatic heterocycles. The van der Waals surface area contributed by atoms with E-state index in [0.717, 1.165) is 37.3 Å². The molecule has 0 radical (unpaired) electrons. The van der Waals surface area contributed by atoms with E-state index in [1.54, 1.807) is 6.07 Å². The van der Waals surface area contributed by atoms with Gasteiger partial charge in [-0.1, -0.05) is 48.5 Å². The quantitative estimate of drug-likeness (QED) is 0.675. The third kappa shape index (κ3) is 4.48. The van der Waals surface area contributed by atoms with Crippen molar-refractivity contribution < 1.29 is 9.59 Å². The summed E-state index contributed by atoms with van der Waals surface area (Å²) in [7, 11) is 0. The molecule has 0 atom stereocenters. The van der Waals surface area contributed by atoms with Crippen LogP contribution in [0.4, 0.5) is 11.5 Å². The van der Waals surface area contributed by atoms with Gasteiger partial charge in [0.05, 0.1) is 0 Å². The summed E-state index contributed by atoms with van der Waals surface area (Å²) in [5, 5.41) is 11.1. The molecule has 0 unspecified atom stereocenters. The van der Waals surface area contributed by atoms with Gasteiger partial charge in [-0.25, -0.2) is 0 Å². The van der Waals surface area contributed by atoms with E-state index in [0.29, 0.717) is 5.69 Å². The first-order valence-electron chi connectivity index (χ1n) is 9.75. The van der Waals surface area contributed by atoms with Gasteiger partial charge in [0, 0.05) is 30.3 Å². The molecule has 6 heteroatoms. The number of carbonyl (C=O) groups is 2. The number of ketones is 1. The summed E-state index contributed by atoms with van der Waals surface area (Å²) < 4.78 is 0. The summed E-state index contributed by atoms with van der Waals surface area (Å²) in [6, 6.07) is 22.2. The van der Waals surface area contributed by atoms with Crippen molar-refractivity contribution in [1.82, 2.24) is 10.2 Å². The monoisotopic (exact) mass is 386 g/mol. The third-order valence-corrected chi connectivity index (χ3v) is 5.16. The second-order valence-corrected chi connectivity index (χ2v) is 7.09. The number of benzene rings is 2.